The lowest BCUT2D eigenvalue weighted by atomic mass is 10.5. The molecule has 0 fully saturated rings. The summed E-state index contributed by atoms with van der Waals surface area (Å²) in [5, 5.41) is 0. The summed E-state index contributed by atoms with van der Waals surface area (Å²) in [7, 11) is -5.74. The average Bonchev–Trinajstić information content (AvgIpc) is 2.07. The van der Waals surface area contributed by atoms with Crippen molar-refractivity contribution in [2.24, 2.45) is 0 Å². The van der Waals surface area contributed by atoms with Gasteiger partial charge in [0.15, 0.2) is 4.75 Å². The molecule has 4 nitrogen and oxygen atoms in total. The Kier molecular flexibility index (Phi) is 5.16. The van der Waals surface area contributed by atoms with Gasteiger partial charge in [0.1, 0.15) is 6.61 Å². The molecule has 1 heterocycles. The second kappa shape index (κ2) is 5.60. The molecule has 0 amide bonds. The molecular weight excluding hydrogens is 211 g/mol. The maximum atomic E-state index is 10.7. The molecule has 1 aliphatic heterocycles. The zero-order valence-electron chi connectivity index (χ0n) is 6.23. The van der Waals surface area contributed by atoms with Crippen molar-refractivity contribution in [3.63, 3.8) is 0 Å². The van der Waals surface area contributed by atoms with Crippen LogP contribution in [-0.4, -0.2) is 19.8 Å². The molecule has 8 heteroatoms. The number of allylic oxidation sites excluding steroid dienone is 2. The van der Waals surface area contributed by atoms with Crippen molar-refractivity contribution in [3.8, 4) is 0 Å². The number of ether oxygens (including phenoxy) is 1. The first-order valence-corrected chi connectivity index (χ1v) is 4.28. The number of hydrogen-bond donors (Lipinski definition) is 0. The largest absolute Gasteiger partial charge is 0.497 e. The third-order valence-corrected chi connectivity index (χ3v) is 1.11. The fraction of sp³-hybridized carbons (Fsp3) is 0.200. The van der Waals surface area contributed by atoms with Gasteiger partial charge in [0, 0.05) is 0 Å². The normalized spacial score (nSPS) is 14.8. The molecule has 0 aromatic rings. The van der Waals surface area contributed by atoms with Gasteiger partial charge >= 0.3 is 10.4 Å². The summed E-state index contributed by atoms with van der Waals surface area (Å²) in [5.74, 6) is 0. The highest BCUT2D eigenvalue weighted by molar-refractivity contribution is 7.83. The van der Waals surface area contributed by atoms with Crippen molar-refractivity contribution >= 4 is 10.4 Å². The number of rotatable bonds is 1. The lowest BCUT2D eigenvalue weighted by Crippen LogP contribution is -2.06. The van der Waals surface area contributed by atoms with E-state index in [-0.39, 0.29) is 0 Å². The lowest BCUT2D eigenvalue weighted by Gasteiger charge is -1.94. The second-order valence-electron chi connectivity index (χ2n) is 1.70. The van der Waals surface area contributed by atoms with Crippen LogP contribution in [0.2, 0.25) is 0 Å². The Morgan fingerprint density at radius 1 is 1.31 bits per heavy atom. The van der Waals surface area contributed by atoms with Crippen LogP contribution < -0.4 is 0 Å². The third kappa shape index (κ3) is 7.34. The quantitative estimate of drug-likeness (QED) is 0.492. The van der Waals surface area contributed by atoms with Crippen LogP contribution in [0.1, 0.15) is 0 Å². The van der Waals surface area contributed by atoms with Crippen LogP contribution >= 0.6 is 0 Å². The number of nitrogens with zero attached hydrogens (tertiary/aromatic N) is 1. The standard InChI is InChI=1S/C5H6O.F3NO2S/c1-2-4-6-5-3-1;1-4(2)7(3,5)6/h1-4H,5H2;. The Morgan fingerprint density at radius 2 is 1.85 bits per heavy atom. The Labute approximate surface area is 73.1 Å². The molecule has 0 spiro atoms. The average molecular weight is 217 g/mol. The first-order valence-electron chi connectivity index (χ1n) is 2.94. The SMILES string of the molecule is C1=CCOC=C1.O=S(=O)(F)N(F)F. The molecule has 0 aromatic carbocycles. The summed E-state index contributed by atoms with van der Waals surface area (Å²) in [6.07, 6.45) is 7.47. The Bertz CT molecular complexity index is 273. The van der Waals surface area contributed by atoms with Crippen molar-refractivity contribution in [2.75, 3.05) is 6.61 Å². The minimum absolute atomic E-state index is 0.733. The molecule has 0 saturated heterocycles. The van der Waals surface area contributed by atoms with E-state index < -0.39 is 15.2 Å². The van der Waals surface area contributed by atoms with Gasteiger partial charge in [-0.25, -0.2) is 0 Å². The first-order chi connectivity index (χ1) is 5.94. The molecule has 0 atom stereocenters. The summed E-state index contributed by atoms with van der Waals surface area (Å²) in [6, 6.07) is 0. The molecule has 0 bridgehead atoms. The second-order valence-corrected chi connectivity index (χ2v) is 2.80. The number of halogens is 3. The molecule has 0 radical (unpaired) electrons. The molecule has 0 N–H and O–H groups in total. The molecule has 1 aliphatic rings. The highest BCUT2D eigenvalue weighted by Crippen LogP contribution is 2.01. The highest BCUT2D eigenvalue weighted by atomic mass is 32.3. The van der Waals surface area contributed by atoms with Gasteiger partial charge in [-0.2, -0.15) is 8.42 Å². The summed E-state index contributed by atoms with van der Waals surface area (Å²) in [5.41, 5.74) is 0. The fourth-order valence-electron chi connectivity index (χ4n) is 0.346. The number of hydrogen-bond acceptors (Lipinski definition) is 3. The van der Waals surface area contributed by atoms with Crippen molar-refractivity contribution < 1.29 is 26.0 Å². The van der Waals surface area contributed by atoms with Crippen LogP contribution in [0.15, 0.2) is 24.5 Å². The zero-order chi connectivity index (χ0) is 10.3. The highest BCUT2D eigenvalue weighted by Gasteiger charge is 2.18. The molecule has 0 aliphatic carbocycles. The van der Waals surface area contributed by atoms with E-state index in [2.05, 4.69) is 0 Å². The van der Waals surface area contributed by atoms with E-state index in [1.165, 1.54) is 0 Å². The predicted octanol–water partition coefficient (Wildman–Crippen LogP) is 1.36. The van der Waals surface area contributed by atoms with E-state index in [1.54, 1.807) is 6.26 Å². The van der Waals surface area contributed by atoms with Crippen LogP contribution in [0.3, 0.4) is 0 Å². The van der Waals surface area contributed by atoms with Crippen LogP contribution in [-0.2, 0) is 15.1 Å². The third-order valence-electron chi connectivity index (χ3n) is 0.779. The zero-order valence-corrected chi connectivity index (χ0v) is 7.05. The Morgan fingerprint density at radius 3 is 1.92 bits per heavy atom. The minimum Gasteiger partial charge on any atom is -0.497 e. The summed E-state index contributed by atoms with van der Waals surface area (Å²) >= 11 is 0. The molecule has 0 unspecified atom stereocenters. The summed E-state index contributed by atoms with van der Waals surface area (Å²) < 4.78 is 51.5. The maximum Gasteiger partial charge on any atom is 0.430 e. The van der Waals surface area contributed by atoms with Crippen molar-refractivity contribution in [3.05, 3.63) is 24.5 Å². The minimum atomic E-state index is -5.74. The van der Waals surface area contributed by atoms with E-state index in [9.17, 15) is 12.8 Å². The molecule has 76 valence electrons. The topological polar surface area (TPSA) is 46.6 Å². The predicted molar refractivity (Wildman–Crippen MR) is 38.3 cm³/mol. The van der Waals surface area contributed by atoms with Gasteiger partial charge in [-0.1, -0.05) is 18.9 Å². The first kappa shape index (κ1) is 12.0. The summed E-state index contributed by atoms with van der Waals surface area (Å²) in [4.78, 5) is 0. The van der Waals surface area contributed by atoms with Crippen LogP contribution in [0.25, 0.3) is 0 Å². The Balaban J connectivity index is 0.000000223. The Hall–Kier alpha value is -1.02. The van der Waals surface area contributed by atoms with Crippen molar-refractivity contribution in [2.45, 2.75) is 0 Å². The van der Waals surface area contributed by atoms with Gasteiger partial charge in [0.2, 0.25) is 0 Å². The van der Waals surface area contributed by atoms with Gasteiger partial charge in [0.25, 0.3) is 0 Å². The molecule has 0 aromatic heterocycles. The van der Waals surface area contributed by atoms with Crippen LogP contribution in [0.5, 0.6) is 0 Å². The van der Waals surface area contributed by atoms with Crippen molar-refractivity contribution in [1.29, 1.82) is 0 Å². The van der Waals surface area contributed by atoms with Crippen LogP contribution in [0, 0.1) is 0 Å². The lowest BCUT2D eigenvalue weighted by molar-refractivity contribution is -0.0591. The molecule has 0 saturated carbocycles. The van der Waals surface area contributed by atoms with E-state index >= 15 is 0 Å². The van der Waals surface area contributed by atoms with E-state index in [0.29, 0.717) is 0 Å². The van der Waals surface area contributed by atoms with Crippen LogP contribution in [0.4, 0.5) is 12.8 Å². The van der Waals surface area contributed by atoms with Crippen molar-refractivity contribution in [1.82, 2.24) is 4.75 Å². The monoisotopic (exact) mass is 217 g/mol. The van der Waals surface area contributed by atoms with Gasteiger partial charge in [-0.05, 0) is 12.2 Å². The maximum absolute atomic E-state index is 10.7. The molecular formula is C5H6F3NO3S. The van der Waals surface area contributed by atoms with E-state index in [4.69, 9.17) is 13.2 Å². The van der Waals surface area contributed by atoms with E-state index in [1.807, 2.05) is 18.2 Å². The van der Waals surface area contributed by atoms with E-state index in [0.717, 1.165) is 6.61 Å². The van der Waals surface area contributed by atoms with Gasteiger partial charge in [-0.3, -0.25) is 0 Å². The molecule has 1 rings (SSSR count). The van der Waals surface area contributed by atoms with Gasteiger partial charge in [0.05, 0.1) is 6.26 Å². The van der Waals surface area contributed by atoms with Gasteiger partial charge in [-0.15, -0.1) is 0 Å². The van der Waals surface area contributed by atoms with Gasteiger partial charge < -0.3 is 4.74 Å². The smallest absolute Gasteiger partial charge is 0.430 e. The summed E-state index contributed by atoms with van der Waals surface area (Å²) in [6.45, 7) is 0.733. The fourth-order valence-corrected chi connectivity index (χ4v) is 0.346. The molecule has 13 heavy (non-hydrogen) atoms.